The van der Waals surface area contributed by atoms with Crippen molar-refractivity contribution >= 4 is 22.8 Å². The molecule has 7 heteroatoms. The lowest BCUT2D eigenvalue weighted by molar-refractivity contribution is 0.190. The minimum absolute atomic E-state index is 0.165. The average molecular weight is 236 g/mol. The van der Waals surface area contributed by atoms with Gasteiger partial charge in [-0.1, -0.05) is 0 Å². The van der Waals surface area contributed by atoms with Crippen molar-refractivity contribution in [1.29, 1.82) is 0 Å². The van der Waals surface area contributed by atoms with Crippen LogP contribution in [0, 0.1) is 0 Å². The van der Waals surface area contributed by atoms with Crippen LogP contribution in [0.15, 0.2) is 6.20 Å². The van der Waals surface area contributed by atoms with Gasteiger partial charge in [-0.2, -0.15) is 15.1 Å². The quantitative estimate of drug-likeness (QED) is 0.713. The Kier molecular flexibility index (Phi) is 3.38. The molecule has 92 valence electrons. The second kappa shape index (κ2) is 4.96. The SMILES string of the molecule is CNc1nc(NC(C)COC)c2cn[nH]c2n1. The topological polar surface area (TPSA) is 87.8 Å². The van der Waals surface area contributed by atoms with Crippen molar-refractivity contribution in [2.75, 3.05) is 31.4 Å². The van der Waals surface area contributed by atoms with Crippen molar-refractivity contribution in [1.82, 2.24) is 20.2 Å². The molecule has 0 spiro atoms. The molecule has 0 amide bonds. The Morgan fingerprint density at radius 3 is 3.00 bits per heavy atom. The van der Waals surface area contributed by atoms with Crippen molar-refractivity contribution in [3.63, 3.8) is 0 Å². The highest BCUT2D eigenvalue weighted by Gasteiger charge is 2.10. The highest BCUT2D eigenvalue weighted by atomic mass is 16.5. The lowest BCUT2D eigenvalue weighted by Gasteiger charge is -2.14. The van der Waals surface area contributed by atoms with E-state index in [1.165, 1.54) is 0 Å². The van der Waals surface area contributed by atoms with E-state index < -0.39 is 0 Å². The minimum atomic E-state index is 0.165. The third-order valence-corrected chi connectivity index (χ3v) is 2.33. The first-order valence-electron chi connectivity index (χ1n) is 5.39. The predicted molar refractivity (Wildman–Crippen MR) is 66.2 cm³/mol. The molecule has 1 unspecified atom stereocenters. The Morgan fingerprint density at radius 1 is 1.47 bits per heavy atom. The molecule has 17 heavy (non-hydrogen) atoms. The molecular weight excluding hydrogens is 220 g/mol. The Bertz CT molecular complexity index is 497. The lowest BCUT2D eigenvalue weighted by atomic mass is 10.3. The van der Waals surface area contributed by atoms with E-state index in [0.29, 0.717) is 18.2 Å². The van der Waals surface area contributed by atoms with E-state index >= 15 is 0 Å². The van der Waals surface area contributed by atoms with Crippen molar-refractivity contribution in [2.45, 2.75) is 13.0 Å². The Hall–Kier alpha value is -1.89. The molecule has 0 bridgehead atoms. The van der Waals surface area contributed by atoms with Crippen molar-refractivity contribution in [3.05, 3.63) is 6.20 Å². The fourth-order valence-corrected chi connectivity index (χ4v) is 1.58. The van der Waals surface area contributed by atoms with Gasteiger partial charge in [0.25, 0.3) is 0 Å². The van der Waals surface area contributed by atoms with E-state index in [1.807, 2.05) is 6.92 Å². The molecule has 1 atom stereocenters. The van der Waals surface area contributed by atoms with Gasteiger partial charge in [0.1, 0.15) is 5.82 Å². The van der Waals surface area contributed by atoms with Crippen LogP contribution in [-0.4, -0.2) is 47.0 Å². The van der Waals surface area contributed by atoms with Crippen LogP contribution in [0.2, 0.25) is 0 Å². The monoisotopic (exact) mass is 236 g/mol. The molecule has 0 fully saturated rings. The van der Waals surface area contributed by atoms with Crippen LogP contribution in [0.1, 0.15) is 6.92 Å². The van der Waals surface area contributed by atoms with Gasteiger partial charge < -0.3 is 15.4 Å². The summed E-state index contributed by atoms with van der Waals surface area (Å²) in [5.74, 6) is 1.30. The molecule has 0 radical (unpaired) electrons. The fraction of sp³-hybridized carbons (Fsp3) is 0.500. The molecular formula is C10H16N6O. The molecule has 2 rings (SSSR count). The number of aromatic nitrogens is 4. The number of ether oxygens (including phenoxy) is 1. The van der Waals surface area contributed by atoms with E-state index in [0.717, 1.165) is 11.2 Å². The number of anilines is 2. The van der Waals surface area contributed by atoms with E-state index in [9.17, 15) is 0 Å². The second-order valence-electron chi connectivity index (χ2n) is 3.78. The van der Waals surface area contributed by atoms with Crippen molar-refractivity contribution in [2.24, 2.45) is 0 Å². The number of rotatable bonds is 5. The summed E-state index contributed by atoms with van der Waals surface area (Å²) in [4.78, 5) is 8.62. The largest absolute Gasteiger partial charge is 0.383 e. The molecule has 0 aromatic carbocycles. The number of hydrogen-bond acceptors (Lipinski definition) is 6. The highest BCUT2D eigenvalue weighted by Crippen LogP contribution is 2.20. The maximum Gasteiger partial charge on any atom is 0.226 e. The van der Waals surface area contributed by atoms with Crippen molar-refractivity contribution in [3.8, 4) is 0 Å². The summed E-state index contributed by atoms with van der Waals surface area (Å²) < 4.78 is 5.08. The summed E-state index contributed by atoms with van der Waals surface area (Å²) in [5.41, 5.74) is 0.705. The third-order valence-electron chi connectivity index (χ3n) is 2.33. The van der Waals surface area contributed by atoms with Gasteiger partial charge in [0.2, 0.25) is 5.95 Å². The van der Waals surface area contributed by atoms with Crippen molar-refractivity contribution < 1.29 is 4.74 Å². The molecule has 0 aliphatic carbocycles. The Labute approximate surface area is 99.0 Å². The van der Waals surface area contributed by atoms with Gasteiger partial charge in [-0.25, -0.2) is 0 Å². The normalized spacial score (nSPS) is 12.6. The molecule has 7 nitrogen and oxygen atoms in total. The molecule has 0 saturated carbocycles. The number of methoxy groups -OCH3 is 1. The van der Waals surface area contributed by atoms with Crippen LogP contribution < -0.4 is 10.6 Å². The maximum absolute atomic E-state index is 5.08. The average Bonchev–Trinajstić information content (AvgIpc) is 2.77. The van der Waals surface area contributed by atoms with Gasteiger partial charge >= 0.3 is 0 Å². The number of fused-ring (bicyclic) bond motifs is 1. The number of nitrogens with zero attached hydrogens (tertiary/aromatic N) is 3. The molecule has 0 aliphatic heterocycles. The van der Waals surface area contributed by atoms with Crippen LogP contribution in [0.25, 0.3) is 11.0 Å². The first kappa shape index (κ1) is 11.6. The zero-order chi connectivity index (χ0) is 12.3. The van der Waals surface area contributed by atoms with Gasteiger partial charge in [-0.3, -0.25) is 5.10 Å². The van der Waals surface area contributed by atoms with E-state index in [-0.39, 0.29) is 6.04 Å². The summed E-state index contributed by atoms with van der Waals surface area (Å²) in [6, 6.07) is 0.165. The van der Waals surface area contributed by atoms with E-state index in [1.54, 1.807) is 20.4 Å². The molecule has 0 aliphatic rings. The number of nitrogens with one attached hydrogen (secondary N) is 3. The van der Waals surface area contributed by atoms with E-state index in [4.69, 9.17) is 4.74 Å². The Balaban J connectivity index is 2.33. The highest BCUT2D eigenvalue weighted by molar-refractivity contribution is 5.87. The minimum Gasteiger partial charge on any atom is -0.383 e. The molecule has 2 aromatic rings. The van der Waals surface area contributed by atoms with Gasteiger partial charge in [0.05, 0.1) is 18.2 Å². The summed E-state index contributed by atoms with van der Waals surface area (Å²) in [6.07, 6.45) is 1.70. The van der Waals surface area contributed by atoms with Gasteiger partial charge in [-0.05, 0) is 6.92 Å². The van der Waals surface area contributed by atoms with Gasteiger partial charge in [0, 0.05) is 20.2 Å². The molecule has 0 saturated heterocycles. The van der Waals surface area contributed by atoms with E-state index in [2.05, 4.69) is 30.8 Å². The maximum atomic E-state index is 5.08. The summed E-state index contributed by atoms with van der Waals surface area (Å²) >= 11 is 0. The van der Waals surface area contributed by atoms with Crippen LogP contribution in [-0.2, 0) is 4.74 Å². The fourth-order valence-electron chi connectivity index (χ4n) is 1.58. The number of aromatic amines is 1. The molecule has 2 aromatic heterocycles. The van der Waals surface area contributed by atoms with Gasteiger partial charge in [-0.15, -0.1) is 0 Å². The Morgan fingerprint density at radius 2 is 2.29 bits per heavy atom. The van der Waals surface area contributed by atoms with Gasteiger partial charge in [0.15, 0.2) is 5.65 Å². The smallest absolute Gasteiger partial charge is 0.226 e. The lowest BCUT2D eigenvalue weighted by Crippen LogP contribution is -2.21. The molecule has 3 N–H and O–H groups in total. The first-order chi connectivity index (χ1) is 8.24. The van der Waals surface area contributed by atoms with Crippen LogP contribution in [0.4, 0.5) is 11.8 Å². The summed E-state index contributed by atoms with van der Waals surface area (Å²) in [5, 5.41) is 13.8. The first-order valence-corrected chi connectivity index (χ1v) is 5.39. The molecule has 2 heterocycles. The van der Waals surface area contributed by atoms with Crippen LogP contribution in [0.5, 0.6) is 0 Å². The second-order valence-corrected chi connectivity index (χ2v) is 3.78. The third kappa shape index (κ3) is 2.44. The number of hydrogen-bond donors (Lipinski definition) is 3. The predicted octanol–water partition coefficient (Wildman–Crippen LogP) is 0.841. The summed E-state index contributed by atoms with van der Waals surface area (Å²) in [6.45, 7) is 2.63. The van der Waals surface area contributed by atoms with Crippen LogP contribution in [0.3, 0.4) is 0 Å². The van der Waals surface area contributed by atoms with Crippen LogP contribution >= 0.6 is 0 Å². The zero-order valence-electron chi connectivity index (χ0n) is 10.1. The zero-order valence-corrected chi connectivity index (χ0v) is 10.1. The summed E-state index contributed by atoms with van der Waals surface area (Å²) in [7, 11) is 3.45. The number of H-pyrrole nitrogens is 1. The standard InChI is InChI=1S/C10H16N6O/c1-6(5-17-3)13-8-7-4-12-16-9(7)15-10(11-2)14-8/h4,6H,5H2,1-3H3,(H3,11,12,13,14,15,16).